The van der Waals surface area contributed by atoms with Crippen LogP contribution in [0.4, 0.5) is 5.69 Å². The van der Waals surface area contributed by atoms with Gasteiger partial charge in [-0.3, -0.25) is 4.90 Å². The Morgan fingerprint density at radius 2 is 1.78 bits per heavy atom. The molecule has 1 heterocycles. The van der Waals surface area contributed by atoms with Crippen molar-refractivity contribution in [1.82, 2.24) is 9.62 Å². The molecular formula is C20H24N4O2S. The summed E-state index contributed by atoms with van der Waals surface area (Å²) in [5.41, 5.74) is 1.56. The van der Waals surface area contributed by atoms with Gasteiger partial charge in [0.25, 0.3) is 0 Å². The number of para-hydroxylation sites is 1. The highest BCUT2D eigenvalue weighted by Crippen LogP contribution is 2.17. The van der Waals surface area contributed by atoms with Crippen LogP contribution in [0.5, 0.6) is 0 Å². The summed E-state index contributed by atoms with van der Waals surface area (Å²) in [6, 6.07) is 18.5. The van der Waals surface area contributed by atoms with Crippen molar-refractivity contribution < 1.29 is 8.42 Å². The van der Waals surface area contributed by atoms with Crippen molar-refractivity contribution in [2.45, 2.75) is 17.9 Å². The van der Waals surface area contributed by atoms with Crippen LogP contribution < -0.4 is 9.62 Å². The number of anilines is 1. The highest BCUT2D eigenvalue weighted by atomic mass is 32.2. The molecule has 142 valence electrons. The lowest BCUT2D eigenvalue weighted by atomic mass is 10.2. The number of rotatable bonds is 6. The SMILES string of the molecule is C[C@H](CNS(=O)(=O)c1cccc(C#N)c1)N1CCN(c2ccccc2)CC1. The van der Waals surface area contributed by atoms with E-state index in [1.165, 1.54) is 17.8 Å². The number of nitriles is 1. The van der Waals surface area contributed by atoms with Crippen molar-refractivity contribution in [2.75, 3.05) is 37.6 Å². The first-order chi connectivity index (χ1) is 13.0. The number of piperazine rings is 1. The Balaban J connectivity index is 1.54. The standard InChI is InChI=1S/C20H24N4O2S/c1-17(16-22-27(25,26)20-9-5-6-18(14-20)15-21)23-10-12-24(13-11-23)19-7-3-2-4-8-19/h2-9,14,17,22H,10-13,16H2,1H3/t17-/m1/s1. The van der Waals surface area contributed by atoms with Crippen LogP contribution in [0, 0.1) is 11.3 Å². The molecule has 1 aliphatic heterocycles. The molecule has 1 saturated heterocycles. The Bertz CT molecular complexity index is 901. The lowest BCUT2D eigenvalue weighted by Gasteiger charge is -2.39. The highest BCUT2D eigenvalue weighted by Gasteiger charge is 2.23. The van der Waals surface area contributed by atoms with Crippen LogP contribution >= 0.6 is 0 Å². The van der Waals surface area contributed by atoms with Crippen molar-refractivity contribution in [1.29, 1.82) is 5.26 Å². The third kappa shape index (κ3) is 4.86. The third-order valence-electron chi connectivity index (χ3n) is 4.90. The summed E-state index contributed by atoms with van der Waals surface area (Å²) in [7, 11) is -3.62. The minimum atomic E-state index is -3.62. The maximum atomic E-state index is 12.5. The van der Waals surface area contributed by atoms with Gasteiger partial charge in [-0.05, 0) is 37.3 Å². The van der Waals surface area contributed by atoms with Gasteiger partial charge in [0.1, 0.15) is 0 Å². The van der Waals surface area contributed by atoms with Gasteiger partial charge in [0.15, 0.2) is 0 Å². The quantitative estimate of drug-likeness (QED) is 0.825. The Labute approximate surface area is 161 Å². The molecule has 0 aliphatic carbocycles. The van der Waals surface area contributed by atoms with Crippen molar-refractivity contribution in [3.05, 3.63) is 60.2 Å². The maximum Gasteiger partial charge on any atom is 0.240 e. The summed E-state index contributed by atoms with van der Waals surface area (Å²) in [6.07, 6.45) is 0. The molecule has 1 N–H and O–H groups in total. The number of hydrogen-bond acceptors (Lipinski definition) is 5. The minimum absolute atomic E-state index is 0.0943. The zero-order valence-electron chi connectivity index (χ0n) is 15.4. The van der Waals surface area contributed by atoms with E-state index < -0.39 is 10.0 Å². The number of hydrogen-bond donors (Lipinski definition) is 1. The van der Waals surface area contributed by atoms with E-state index >= 15 is 0 Å². The molecule has 3 rings (SSSR count). The molecule has 0 spiro atoms. The molecule has 2 aromatic carbocycles. The number of sulfonamides is 1. The minimum Gasteiger partial charge on any atom is -0.369 e. The molecule has 0 bridgehead atoms. The summed E-state index contributed by atoms with van der Waals surface area (Å²) in [6.45, 7) is 6.00. The van der Waals surface area contributed by atoms with Crippen molar-refractivity contribution >= 4 is 15.7 Å². The molecule has 1 atom stereocenters. The fourth-order valence-electron chi connectivity index (χ4n) is 3.24. The molecule has 6 nitrogen and oxygen atoms in total. The first-order valence-electron chi connectivity index (χ1n) is 9.03. The largest absolute Gasteiger partial charge is 0.369 e. The Kier molecular flexibility index (Phi) is 6.11. The van der Waals surface area contributed by atoms with Gasteiger partial charge in [-0.1, -0.05) is 24.3 Å². The molecule has 0 unspecified atom stereocenters. The second kappa shape index (κ2) is 8.53. The second-order valence-corrected chi connectivity index (χ2v) is 8.47. The van der Waals surface area contributed by atoms with Crippen LogP contribution in [0.1, 0.15) is 12.5 Å². The molecule has 0 aromatic heterocycles. The van der Waals surface area contributed by atoms with E-state index in [9.17, 15) is 8.42 Å². The fraction of sp³-hybridized carbons (Fsp3) is 0.350. The highest BCUT2D eigenvalue weighted by molar-refractivity contribution is 7.89. The summed E-state index contributed by atoms with van der Waals surface area (Å²) < 4.78 is 27.6. The van der Waals surface area contributed by atoms with Gasteiger partial charge in [0.2, 0.25) is 10.0 Å². The van der Waals surface area contributed by atoms with Crippen LogP contribution in [0.25, 0.3) is 0 Å². The monoisotopic (exact) mass is 384 g/mol. The van der Waals surface area contributed by atoms with Gasteiger partial charge >= 0.3 is 0 Å². The molecule has 0 amide bonds. The lowest BCUT2D eigenvalue weighted by Crippen LogP contribution is -2.52. The number of nitrogens with one attached hydrogen (secondary N) is 1. The zero-order valence-corrected chi connectivity index (χ0v) is 16.2. The molecule has 0 radical (unpaired) electrons. The van der Waals surface area contributed by atoms with Crippen LogP contribution in [0.15, 0.2) is 59.5 Å². The van der Waals surface area contributed by atoms with E-state index in [2.05, 4.69) is 26.7 Å². The van der Waals surface area contributed by atoms with Gasteiger partial charge in [-0.15, -0.1) is 0 Å². The third-order valence-corrected chi connectivity index (χ3v) is 6.32. The van der Waals surface area contributed by atoms with E-state index in [4.69, 9.17) is 5.26 Å². The molecule has 7 heteroatoms. The van der Waals surface area contributed by atoms with Gasteiger partial charge in [0, 0.05) is 44.5 Å². The van der Waals surface area contributed by atoms with E-state index in [-0.39, 0.29) is 10.9 Å². The Morgan fingerprint density at radius 3 is 2.44 bits per heavy atom. The predicted octanol–water partition coefficient (Wildman–Crippen LogP) is 2.05. The van der Waals surface area contributed by atoms with E-state index in [0.29, 0.717) is 12.1 Å². The summed E-state index contributed by atoms with van der Waals surface area (Å²) in [4.78, 5) is 4.77. The normalized spacial score (nSPS) is 16.7. The van der Waals surface area contributed by atoms with Crippen LogP contribution in [0.2, 0.25) is 0 Å². The van der Waals surface area contributed by atoms with Crippen LogP contribution in [-0.4, -0.2) is 52.1 Å². The van der Waals surface area contributed by atoms with E-state index in [1.807, 2.05) is 31.2 Å². The molecule has 0 saturated carbocycles. The van der Waals surface area contributed by atoms with E-state index in [0.717, 1.165) is 26.2 Å². The van der Waals surface area contributed by atoms with Gasteiger partial charge in [-0.25, -0.2) is 13.1 Å². The second-order valence-electron chi connectivity index (χ2n) is 6.70. The van der Waals surface area contributed by atoms with Gasteiger partial charge in [0.05, 0.1) is 16.5 Å². The average molecular weight is 385 g/mol. The van der Waals surface area contributed by atoms with Gasteiger partial charge in [-0.2, -0.15) is 5.26 Å². The van der Waals surface area contributed by atoms with Crippen LogP contribution in [0.3, 0.4) is 0 Å². The molecular weight excluding hydrogens is 360 g/mol. The smallest absolute Gasteiger partial charge is 0.240 e. The van der Waals surface area contributed by atoms with Crippen molar-refractivity contribution in [3.8, 4) is 6.07 Å². The van der Waals surface area contributed by atoms with Crippen molar-refractivity contribution in [3.63, 3.8) is 0 Å². The summed E-state index contributed by atoms with van der Waals surface area (Å²) in [5.74, 6) is 0. The first-order valence-corrected chi connectivity index (χ1v) is 10.5. The maximum absolute atomic E-state index is 12.5. The summed E-state index contributed by atoms with van der Waals surface area (Å²) in [5, 5.41) is 8.94. The predicted molar refractivity (Wildman–Crippen MR) is 106 cm³/mol. The lowest BCUT2D eigenvalue weighted by molar-refractivity contribution is 0.198. The zero-order chi connectivity index (χ0) is 19.3. The van der Waals surface area contributed by atoms with Crippen molar-refractivity contribution in [2.24, 2.45) is 0 Å². The number of benzene rings is 2. The molecule has 2 aromatic rings. The van der Waals surface area contributed by atoms with E-state index in [1.54, 1.807) is 12.1 Å². The topological polar surface area (TPSA) is 76.4 Å². The molecule has 1 aliphatic rings. The number of nitrogens with zero attached hydrogens (tertiary/aromatic N) is 3. The van der Waals surface area contributed by atoms with Crippen LogP contribution in [-0.2, 0) is 10.0 Å². The summed E-state index contributed by atoms with van der Waals surface area (Å²) >= 11 is 0. The first kappa shape index (κ1) is 19.4. The Morgan fingerprint density at radius 1 is 1.07 bits per heavy atom. The van der Waals surface area contributed by atoms with Gasteiger partial charge < -0.3 is 4.90 Å². The fourth-order valence-corrected chi connectivity index (χ4v) is 4.40. The molecule has 27 heavy (non-hydrogen) atoms. The average Bonchev–Trinajstić information content (AvgIpc) is 2.73. The Hall–Kier alpha value is -2.40. The molecule has 1 fully saturated rings.